The molecular formula is C36H22N2O4. The zero-order valence-electron chi connectivity index (χ0n) is 22.1. The first kappa shape index (κ1) is 24.0. The number of Topliss-reactive ketones (excluding diaryl/α,β-unsaturated/α-hetero) is 2. The van der Waals surface area contributed by atoms with E-state index in [1.165, 1.54) is 0 Å². The zero-order valence-corrected chi connectivity index (χ0v) is 22.1. The van der Waals surface area contributed by atoms with Crippen LogP contribution in [0.5, 0.6) is 11.5 Å². The molecule has 2 aliphatic carbocycles. The van der Waals surface area contributed by atoms with Crippen LogP contribution in [0.1, 0.15) is 33.6 Å². The third-order valence-corrected chi connectivity index (χ3v) is 8.05. The highest BCUT2D eigenvalue weighted by atomic mass is 16.3. The first-order chi connectivity index (χ1) is 20.5. The molecule has 0 amide bonds. The number of hydrogen-bond donors (Lipinski definition) is 4. The second-order valence-corrected chi connectivity index (χ2v) is 10.5. The summed E-state index contributed by atoms with van der Waals surface area (Å²) in [5.41, 5.74) is 7.68. The number of rotatable bonds is 2. The summed E-state index contributed by atoms with van der Waals surface area (Å²) in [4.78, 5) is 35.7. The smallest absolute Gasteiger partial charge is 0.196 e. The lowest BCUT2D eigenvalue weighted by Crippen LogP contribution is -2.04. The fraction of sp³-hybridized carbons (Fsp3) is 0. The van der Waals surface area contributed by atoms with Gasteiger partial charge in [0.05, 0.1) is 11.4 Å². The third-order valence-electron chi connectivity index (χ3n) is 8.05. The number of allylic oxidation sites excluding steroid dienone is 4. The first-order valence-corrected chi connectivity index (χ1v) is 13.6. The molecule has 0 saturated carbocycles. The number of nitrogens with one attached hydrogen (secondary N) is 2. The van der Waals surface area contributed by atoms with Crippen molar-refractivity contribution in [1.29, 1.82) is 0 Å². The van der Waals surface area contributed by atoms with Crippen LogP contribution in [0, 0.1) is 0 Å². The van der Waals surface area contributed by atoms with Gasteiger partial charge in [0.2, 0.25) is 0 Å². The van der Waals surface area contributed by atoms with Gasteiger partial charge in [-0.05, 0) is 59.7 Å². The van der Waals surface area contributed by atoms with E-state index in [2.05, 4.69) is 9.97 Å². The van der Waals surface area contributed by atoms with E-state index in [-0.39, 0.29) is 23.1 Å². The Morgan fingerprint density at radius 3 is 1.29 bits per heavy atom. The molecule has 4 N–H and O–H groups in total. The van der Waals surface area contributed by atoms with Crippen LogP contribution in [0.15, 0.2) is 97.1 Å². The molecule has 0 spiro atoms. The Hall–Kier alpha value is -5.88. The second kappa shape index (κ2) is 8.81. The van der Waals surface area contributed by atoms with Gasteiger partial charge < -0.3 is 20.2 Å². The molecule has 4 aromatic carbocycles. The van der Waals surface area contributed by atoms with Gasteiger partial charge >= 0.3 is 0 Å². The van der Waals surface area contributed by atoms with E-state index in [9.17, 15) is 19.8 Å². The minimum Gasteiger partial charge on any atom is -0.508 e. The molecule has 6 heteroatoms. The number of aromatic amines is 2. The molecule has 0 radical (unpaired) electrons. The Morgan fingerprint density at radius 1 is 0.500 bits per heavy atom. The standard InChI is InChI=1S/C36H22N2O4/c39-21-13-9-19(10-14-21)17-25-33-29(23-5-1-3-7-27(23)37-33)31(35(25)41)32-30-24-6-2-4-8-28(24)38-34(30)26(36(32)42)18-20-11-15-22(40)16-12-20/h1-18,37-40H/b25-17-,26-18+,32-31+. The van der Waals surface area contributed by atoms with Crippen LogP contribution in [-0.2, 0) is 9.59 Å². The largest absolute Gasteiger partial charge is 0.508 e. The molecular weight excluding hydrogens is 524 g/mol. The average molecular weight is 547 g/mol. The molecule has 8 rings (SSSR count). The molecule has 0 fully saturated rings. The predicted molar refractivity (Wildman–Crippen MR) is 165 cm³/mol. The highest BCUT2D eigenvalue weighted by molar-refractivity contribution is 6.64. The molecule has 0 unspecified atom stereocenters. The molecule has 42 heavy (non-hydrogen) atoms. The first-order valence-electron chi connectivity index (χ1n) is 13.6. The molecule has 6 aromatic rings. The number of carbonyl (C=O) groups excluding carboxylic acids is 2. The number of fused-ring (bicyclic) bond motifs is 6. The number of carbonyl (C=O) groups is 2. The predicted octanol–water partition coefficient (Wildman–Crippen LogP) is 7.22. The maximum atomic E-state index is 14.4. The van der Waals surface area contributed by atoms with Gasteiger partial charge in [0.15, 0.2) is 11.6 Å². The van der Waals surface area contributed by atoms with Crippen molar-refractivity contribution in [2.75, 3.05) is 0 Å². The van der Waals surface area contributed by atoms with Crippen LogP contribution >= 0.6 is 0 Å². The molecule has 2 aromatic heterocycles. The van der Waals surface area contributed by atoms with E-state index in [0.717, 1.165) is 32.9 Å². The lowest BCUT2D eigenvalue weighted by molar-refractivity contribution is -0.110. The molecule has 2 aliphatic rings. The summed E-state index contributed by atoms with van der Waals surface area (Å²) in [6.45, 7) is 0. The van der Waals surface area contributed by atoms with Gasteiger partial charge in [-0.15, -0.1) is 0 Å². The Balaban J connectivity index is 1.45. The van der Waals surface area contributed by atoms with E-state index < -0.39 is 0 Å². The SMILES string of the molecule is O=C1/C(=C\c2ccc(O)cc2)c2[nH]c3ccccc3c2/C1=C1\C(=O)/C(=C/c2ccc(O)cc2)c2[nH]c3ccccc3c21. The van der Waals surface area contributed by atoms with Crippen LogP contribution in [0.2, 0.25) is 0 Å². The third kappa shape index (κ3) is 3.45. The van der Waals surface area contributed by atoms with Gasteiger partial charge in [-0.25, -0.2) is 0 Å². The number of para-hydroxylation sites is 2. The van der Waals surface area contributed by atoms with E-state index >= 15 is 0 Å². The van der Waals surface area contributed by atoms with E-state index in [0.29, 0.717) is 44.8 Å². The maximum Gasteiger partial charge on any atom is 0.196 e. The van der Waals surface area contributed by atoms with E-state index in [4.69, 9.17) is 0 Å². The van der Waals surface area contributed by atoms with Crippen molar-refractivity contribution in [3.63, 3.8) is 0 Å². The van der Waals surface area contributed by atoms with Crippen LogP contribution in [0.3, 0.4) is 0 Å². The summed E-state index contributed by atoms with van der Waals surface area (Å²) in [5, 5.41) is 21.3. The van der Waals surface area contributed by atoms with Gasteiger partial charge in [0, 0.05) is 55.2 Å². The lowest BCUT2D eigenvalue weighted by Gasteiger charge is -2.06. The second-order valence-electron chi connectivity index (χ2n) is 10.5. The Kier molecular flexibility index (Phi) is 5.03. The Bertz CT molecular complexity index is 2060. The highest BCUT2D eigenvalue weighted by Gasteiger charge is 2.43. The van der Waals surface area contributed by atoms with Crippen molar-refractivity contribution in [2.45, 2.75) is 0 Å². The van der Waals surface area contributed by atoms with Crippen molar-refractivity contribution in [3.05, 3.63) is 131 Å². The van der Waals surface area contributed by atoms with Crippen LogP contribution in [0.25, 0.3) is 56.3 Å². The molecule has 200 valence electrons. The number of ketones is 2. The lowest BCUT2D eigenvalue weighted by atomic mass is 9.93. The Morgan fingerprint density at radius 2 is 0.881 bits per heavy atom. The minimum atomic E-state index is -0.236. The quantitative estimate of drug-likeness (QED) is 0.172. The number of aromatic hydroxyl groups is 2. The summed E-state index contributed by atoms with van der Waals surface area (Å²) in [7, 11) is 0. The van der Waals surface area contributed by atoms with E-state index in [1.54, 1.807) is 60.7 Å². The number of aromatic nitrogens is 2. The van der Waals surface area contributed by atoms with E-state index in [1.807, 2.05) is 48.5 Å². The molecule has 0 bridgehead atoms. The van der Waals surface area contributed by atoms with Crippen molar-refractivity contribution < 1.29 is 19.8 Å². The van der Waals surface area contributed by atoms with Crippen LogP contribution < -0.4 is 0 Å². The number of H-pyrrole nitrogens is 2. The zero-order chi connectivity index (χ0) is 28.5. The minimum absolute atomic E-state index is 0.139. The fourth-order valence-corrected chi connectivity index (χ4v) is 6.16. The van der Waals surface area contributed by atoms with Crippen molar-refractivity contribution in [1.82, 2.24) is 9.97 Å². The highest BCUT2D eigenvalue weighted by Crippen LogP contribution is 2.51. The number of phenols is 2. The average Bonchev–Trinajstić information content (AvgIpc) is 3.70. The summed E-state index contributed by atoms with van der Waals surface area (Å²) in [6.07, 6.45) is 3.60. The monoisotopic (exact) mass is 546 g/mol. The van der Waals surface area contributed by atoms with Crippen LogP contribution in [0.4, 0.5) is 0 Å². The summed E-state index contributed by atoms with van der Waals surface area (Å²) in [6, 6.07) is 28.9. The van der Waals surface area contributed by atoms with Gasteiger partial charge in [-0.2, -0.15) is 0 Å². The Labute approximate surface area is 239 Å². The van der Waals surface area contributed by atoms with Crippen molar-refractivity contribution >= 4 is 67.8 Å². The molecule has 2 heterocycles. The summed E-state index contributed by atoms with van der Waals surface area (Å²) >= 11 is 0. The molecule has 0 saturated heterocycles. The maximum absolute atomic E-state index is 14.4. The molecule has 6 nitrogen and oxygen atoms in total. The molecule has 0 atom stereocenters. The summed E-state index contributed by atoms with van der Waals surface area (Å²) in [5.74, 6) is -0.193. The number of phenolic OH excluding ortho intramolecular Hbond substituents is 2. The van der Waals surface area contributed by atoms with Crippen molar-refractivity contribution in [2.24, 2.45) is 0 Å². The van der Waals surface area contributed by atoms with Crippen molar-refractivity contribution in [3.8, 4) is 11.5 Å². The van der Waals surface area contributed by atoms with Gasteiger partial charge in [0.25, 0.3) is 0 Å². The normalized spacial score (nSPS) is 18.1. The number of hydrogen-bond acceptors (Lipinski definition) is 4. The van der Waals surface area contributed by atoms with Gasteiger partial charge in [-0.1, -0.05) is 60.7 Å². The molecule has 0 aliphatic heterocycles. The number of benzene rings is 4. The van der Waals surface area contributed by atoms with Crippen LogP contribution in [-0.4, -0.2) is 31.7 Å². The topological polar surface area (TPSA) is 106 Å². The van der Waals surface area contributed by atoms with Gasteiger partial charge in [-0.3, -0.25) is 9.59 Å². The summed E-state index contributed by atoms with van der Waals surface area (Å²) < 4.78 is 0. The fourth-order valence-electron chi connectivity index (χ4n) is 6.16. The van der Waals surface area contributed by atoms with Gasteiger partial charge in [0.1, 0.15) is 11.5 Å².